The van der Waals surface area contributed by atoms with Crippen molar-refractivity contribution in [3.63, 3.8) is 0 Å². The van der Waals surface area contributed by atoms with Crippen molar-refractivity contribution >= 4 is 0 Å². The van der Waals surface area contributed by atoms with Crippen LogP contribution in [-0.2, 0) is 0 Å². The average Bonchev–Trinajstić information content (AvgIpc) is 2.19. The van der Waals surface area contributed by atoms with Gasteiger partial charge >= 0.3 is 0 Å². The highest BCUT2D eigenvalue weighted by Crippen LogP contribution is 2.20. The van der Waals surface area contributed by atoms with E-state index in [0.717, 1.165) is 5.56 Å². The van der Waals surface area contributed by atoms with Crippen molar-refractivity contribution in [2.45, 2.75) is 38.3 Å². The fraction of sp³-hybridized carbons (Fsp3) is 0.545. The highest BCUT2D eigenvalue weighted by atomic mass is 16.3. The van der Waals surface area contributed by atoms with Gasteiger partial charge in [-0.05, 0) is 30.9 Å². The molecule has 3 N–H and O–H groups in total. The molecule has 0 aliphatic carbocycles. The Balaban J connectivity index is 2.55. The monoisotopic (exact) mass is 194 g/mol. The summed E-state index contributed by atoms with van der Waals surface area (Å²) >= 11 is 0. The number of hydrogen-bond acceptors (Lipinski definition) is 3. The van der Waals surface area contributed by atoms with Gasteiger partial charge in [-0.15, -0.1) is 0 Å². The van der Waals surface area contributed by atoms with E-state index in [1.165, 1.54) is 0 Å². The molecule has 0 fully saturated rings. The molecule has 0 saturated carbocycles. The first-order valence-electron chi connectivity index (χ1n) is 4.95. The van der Waals surface area contributed by atoms with Crippen molar-refractivity contribution in [3.05, 3.63) is 30.1 Å². The number of hydrogen-bond donors (Lipinski definition) is 2. The van der Waals surface area contributed by atoms with Gasteiger partial charge in [-0.1, -0.05) is 13.0 Å². The second-order valence-corrected chi connectivity index (χ2v) is 3.85. The van der Waals surface area contributed by atoms with Gasteiger partial charge in [-0.2, -0.15) is 0 Å². The van der Waals surface area contributed by atoms with Gasteiger partial charge in [0.1, 0.15) is 0 Å². The Morgan fingerprint density at radius 3 is 2.71 bits per heavy atom. The molecule has 1 aromatic rings. The molecular weight excluding hydrogens is 176 g/mol. The molecule has 0 bridgehead atoms. The Bertz CT molecular complexity index is 261. The largest absolute Gasteiger partial charge is 0.392 e. The number of pyridine rings is 1. The van der Waals surface area contributed by atoms with Crippen LogP contribution < -0.4 is 5.73 Å². The smallest absolute Gasteiger partial charge is 0.0694 e. The minimum Gasteiger partial charge on any atom is -0.392 e. The fourth-order valence-corrected chi connectivity index (χ4v) is 1.38. The van der Waals surface area contributed by atoms with Crippen LogP contribution in [-0.4, -0.2) is 22.2 Å². The van der Waals surface area contributed by atoms with Crippen molar-refractivity contribution in [2.24, 2.45) is 5.73 Å². The predicted molar refractivity (Wildman–Crippen MR) is 56.9 cm³/mol. The van der Waals surface area contributed by atoms with E-state index in [0.29, 0.717) is 12.3 Å². The second kappa shape index (κ2) is 5.08. The first kappa shape index (κ1) is 11.1. The van der Waals surface area contributed by atoms with E-state index < -0.39 is 6.10 Å². The fourth-order valence-electron chi connectivity index (χ4n) is 1.38. The molecule has 3 unspecified atom stereocenters. The zero-order valence-corrected chi connectivity index (χ0v) is 8.72. The Hall–Kier alpha value is -0.930. The minimum absolute atomic E-state index is 0.172. The molecule has 0 spiro atoms. The van der Waals surface area contributed by atoms with E-state index in [1.807, 2.05) is 25.3 Å². The van der Waals surface area contributed by atoms with Crippen molar-refractivity contribution in [2.75, 3.05) is 0 Å². The van der Waals surface area contributed by atoms with Crippen molar-refractivity contribution in [3.8, 4) is 0 Å². The Kier molecular flexibility index (Phi) is 4.04. The normalized spacial score (nSPS) is 17.4. The molecule has 0 aromatic carbocycles. The van der Waals surface area contributed by atoms with Gasteiger partial charge in [0, 0.05) is 18.4 Å². The van der Waals surface area contributed by atoms with Gasteiger partial charge in [0.25, 0.3) is 0 Å². The van der Waals surface area contributed by atoms with Crippen LogP contribution in [0.15, 0.2) is 24.5 Å². The lowest BCUT2D eigenvalue weighted by Gasteiger charge is -2.19. The quantitative estimate of drug-likeness (QED) is 0.759. The second-order valence-electron chi connectivity index (χ2n) is 3.85. The van der Waals surface area contributed by atoms with E-state index in [4.69, 9.17) is 5.73 Å². The maximum Gasteiger partial charge on any atom is 0.0694 e. The highest BCUT2D eigenvalue weighted by Gasteiger charge is 2.15. The molecule has 1 rings (SSSR count). The molecule has 78 valence electrons. The minimum atomic E-state index is -0.440. The zero-order chi connectivity index (χ0) is 10.6. The lowest BCUT2D eigenvalue weighted by molar-refractivity contribution is 0.134. The van der Waals surface area contributed by atoms with Crippen LogP contribution in [0.4, 0.5) is 0 Å². The lowest BCUT2D eigenvalue weighted by atomic mass is 9.94. The summed E-state index contributed by atoms with van der Waals surface area (Å²) in [6.07, 6.45) is 3.82. The molecule has 1 aromatic heterocycles. The zero-order valence-electron chi connectivity index (χ0n) is 8.72. The predicted octanol–water partition coefficient (Wildman–Crippen LogP) is 1.28. The maximum atomic E-state index is 9.61. The van der Waals surface area contributed by atoms with Crippen LogP contribution in [0.2, 0.25) is 0 Å². The Morgan fingerprint density at radius 2 is 2.21 bits per heavy atom. The molecule has 3 heteroatoms. The number of aliphatic hydroxyl groups excluding tert-OH is 1. The number of aliphatic hydroxyl groups is 1. The number of rotatable bonds is 4. The summed E-state index contributed by atoms with van der Waals surface area (Å²) < 4.78 is 0. The van der Waals surface area contributed by atoms with Crippen LogP contribution in [0.25, 0.3) is 0 Å². The molecule has 0 radical (unpaired) electrons. The molecule has 3 nitrogen and oxygen atoms in total. The van der Waals surface area contributed by atoms with E-state index in [-0.39, 0.29) is 6.04 Å². The van der Waals surface area contributed by atoms with Gasteiger partial charge in [0.05, 0.1) is 6.10 Å². The number of aromatic nitrogens is 1. The van der Waals surface area contributed by atoms with Crippen LogP contribution in [0.1, 0.15) is 31.7 Å². The van der Waals surface area contributed by atoms with E-state index in [9.17, 15) is 5.11 Å². The third kappa shape index (κ3) is 3.09. The maximum absolute atomic E-state index is 9.61. The van der Waals surface area contributed by atoms with Gasteiger partial charge in [0.2, 0.25) is 0 Å². The van der Waals surface area contributed by atoms with Crippen LogP contribution in [0.3, 0.4) is 0 Å². The molecule has 0 saturated heterocycles. The first-order valence-corrected chi connectivity index (χ1v) is 4.95. The van der Waals surface area contributed by atoms with E-state index in [1.54, 1.807) is 6.20 Å². The summed E-state index contributed by atoms with van der Waals surface area (Å²) in [7, 11) is 0. The summed E-state index contributed by atoms with van der Waals surface area (Å²) in [5, 5.41) is 9.61. The summed E-state index contributed by atoms with van der Waals surface area (Å²) in [6.45, 7) is 3.89. The van der Waals surface area contributed by atoms with Gasteiger partial charge in [-0.3, -0.25) is 4.98 Å². The van der Waals surface area contributed by atoms with Crippen molar-refractivity contribution in [1.29, 1.82) is 0 Å². The Morgan fingerprint density at radius 1 is 1.50 bits per heavy atom. The average molecular weight is 194 g/mol. The third-order valence-corrected chi connectivity index (χ3v) is 2.46. The third-order valence-electron chi connectivity index (χ3n) is 2.46. The molecular formula is C11H18N2O. The van der Waals surface area contributed by atoms with Gasteiger partial charge < -0.3 is 10.8 Å². The number of nitrogens with two attached hydrogens (primary N) is 1. The number of nitrogens with zero attached hydrogens (tertiary/aromatic N) is 1. The van der Waals surface area contributed by atoms with Crippen LogP contribution in [0, 0.1) is 0 Å². The molecule has 14 heavy (non-hydrogen) atoms. The molecule has 0 aliphatic rings. The van der Waals surface area contributed by atoms with Crippen LogP contribution in [0.5, 0.6) is 0 Å². The van der Waals surface area contributed by atoms with Gasteiger partial charge in [0.15, 0.2) is 0 Å². The lowest BCUT2D eigenvalue weighted by Crippen LogP contribution is -2.32. The summed E-state index contributed by atoms with van der Waals surface area (Å²) in [5.41, 5.74) is 6.74. The molecule has 3 atom stereocenters. The van der Waals surface area contributed by atoms with Crippen molar-refractivity contribution < 1.29 is 5.11 Å². The highest BCUT2D eigenvalue weighted by molar-refractivity contribution is 5.13. The standard InChI is InChI=1S/C11H18N2O/c1-8(6-11(14)9(2)12)10-4-3-5-13-7-10/h3-5,7-9,11,14H,6,12H2,1-2H3. The van der Waals surface area contributed by atoms with Gasteiger partial charge in [-0.25, -0.2) is 0 Å². The summed E-state index contributed by atoms with van der Waals surface area (Å²) in [6, 6.07) is 3.75. The topological polar surface area (TPSA) is 59.1 Å². The van der Waals surface area contributed by atoms with Crippen molar-refractivity contribution in [1.82, 2.24) is 4.98 Å². The Labute approximate surface area is 85.0 Å². The molecule has 0 aliphatic heterocycles. The summed E-state index contributed by atoms with van der Waals surface area (Å²) in [5.74, 6) is 0.296. The SMILES string of the molecule is CC(CC(O)C(C)N)c1cccnc1. The first-order chi connectivity index (χ1) is 6.61. The van der Waals surface area contributed by atoms with Crippen LogP contribution >= 0.6 is 0 Å². The summed E-state index contributed by atoms with van der Waals surface area (Å²) in [4.78, 5) is 4.05. The molecule has 0 amide bonds. The van der Waals surface area contributed by atoms with E-state index >= 15 is 0 Å². The molecule has 1 heterocycles. The van der Waals surface area contributed by atoms with E-state index in [2.05, 4.69) is 11.9 Å².